The second-order valence-electron chi connectivity index (χ2n) is 7.18. The quantitative estimate of drug-likeness (QED) is 0.619. The van der Waals surface area contributed by atoms with Crippen LogP contribution in [0.1, 0.15) is 21.3 Å². The SMILES string of the molecule is COc1ccc(C(CNC(=O)c2sccc2-c2ccccc2)N2CCOCC2)cc1. The van der Waals surface area contributed by atoms with Gasteiger partial charge in [0.15, 0.2) is 0 Å². The molecule has 156 valence electrons. The Morgan fingerprint density at radius 2 is 1.83 bits per heavy atom. The monoisotopic (exact) mass is 422 g/mol. The Hall–Kier alpha value is -2.67. The first-order valence-electron chi connectivity index (χ1n) is 10.1. The number of hydrogen-bond donors (Lipinski definition) is 1. The molecule has 0 saturated carbocycles. The number of benzene rings is 2. The average Bonchev–Trinajstić information content (AvgIpc) is 3.31. The molecule has 1 N–H and O–H groups in total. The van der Waals surface area contributed by atoms with E-state index in [0.29, 0.717) is 19.8 Å². The van der Waals surface area contributed by atoms with Crippen molar-refractivity contribution in [2.24, 2.45) is 0 Å². The minimum Gasteiger partial charge on any atom is -0.497 e. The summed E-state index contributed by atoms with van der Waals surface area (Å²) >= 11 is 1.48. The lowest BCUT2D eigenvalue weighted by Crippen LogP contribution is -2.43. The average molecular weight is 423 g/mol. The first kappa shape index (κ1) is 20.6. The molecule has 2 aromatic carbocycles. The summed E-state index contributed by atoms with van der Waals surface area (Å²) in [7, 11) is 1.67. The summed E-state index contributed by atoms with van der Waals surface area (Å²) in [4.78, 5) is 16.2. The number of ether oxygens (including phenoxy) is 2. The molecule has 1 aliphatic rings. The van der Waals surface area contributed by atoms with Crippen LogP contribution in [0.5, 0.6) is 5.75 Å². The Balaban J connectivity index is 1.51. The lowest BCUT2D eigenvalue weighted by molar-refractivity contribution is 0.0162. The highest BCUT2D eigenvalue weighted by atomic mass is 32.1. The molecule has 0 radical (unpaired) electrons. The smallest absolute Gasteiger partial charge is 0.262 e. The Bertz CT molecular complexity index is 950. The molecule has 4 rings (SSSR count). The predicted molar refractivity (Wildman–Crippen MR) is 120 cm³/mol. The van der Waals surface area contributed by atoms with Gasteiger partial charge in [0.2, 0.25) is 0 Å². The summed E-state index contributed by atoms with van der Waals surface area (Å²) in [6.45, 7) is 3.66. The maximum Gasteiger partial charge on any atom is 0.262 e. The fourth-order valence-electron chi connectivity index (χ4n) is 3.77. The molecule has 0 aliphatic carbocycles. The third kappa shape index (κ3) is 4.73. The Morgan fingerprint density at radius 3 is 2.53 bits per heavy atom. The molecule has 3 aromatic rings. The fourth-order valence-corrected chi connectivity index (χ4v) is 4.61. The summed E-state index contributed by atoms with van der Waals surface area (Å²) in [5, 5.41) is 5.15. The number of hydrogen-bond acceptors (Lipinski definition) is 5. The van der Waals surface area contributed by atoms with Gasteiger partial charge in [0.05, 0.1) is 31.2 Å². The van der Waals surface area contributed by atoms with E-state index in [1.165, 1.54) is 11.3 Å². The van der Waals surface area contributed by atoms with Gasteiger partial charge >= 0.3 is 0 Å². The molecule has 1 saturated heterocycles. The van der Waals surface area contributed by atoms with Crippen molar-refractivity contribution in [3.63, 3.8) is 0 Å². The third-order valence-corrected chi connectivity index (χ3v) is 6.31. The first-order chi connectivity index (χ1) is 14.8. The zero-order chi connectivity index (χ0) is 20.8. The summed E-state index contributed by atoms with van der Waals surface area (Å²) in [6, 6.07) is 20.2. The predicted octanol–water partition coefficient (Wildman–Crippen LogP) is 4.23. The lowest BCUT2D eigenvalue weighted by atomic mass is 10.0. The Labute approximate surface area is 181 Å². The molecule has 6 heteroatoms. The number of carbonyl (C=O) groups is 1. The molecule has 1 unspecified atom stereocenters. The molecular weight excluding hydrogens is 396 g/mol. The van der Waals surface area contributed by atoms with Crippen LogP contribution in [-0.2, 0) is 4.74 Å². The zero-order valence-corrected chi connectivity index (χ0v) is 17.9. The van der Waals surface area contributed by atoms with Crippen molar-refractivity contribution in [2.75, 3.05) is 40.0 Å². The highest BCUT2D eigenvalue weighted by molar-refractivity contribution is 7.12. The van der Waals surface area contributed by atoms with Crippen molar-refractivity contribution in [3.8, 4) is 16.9 Å². The van der Waals surface area contributed by atoms with Crippen LogP contribution in [0, 0.1) is 0 Å². The number of nitrogens with zero attached hydrogens (tertiary/aromatic N) is 1. The number of methoxy groups -OCH3 is 1. The fraction of sp³-hybridized carbons (Fsp3) is 0.292. The molecule has 30 heavy (non-hydrogen) atoms. The van der Waals surface area contributed by atoms with Gasteiger partial charge < -0.3 is 14.8 Å². The molecule has 1 aromatic heterocycles. The number of carbonyl (C=O) groups excluding carboxylic acids is 1. The van der Waals surface area contributed by atoms with Crippen molar-refractivity contribution < 1.29 is 14.3 Å². The van der Waals surface area contributed by atoms with Gasteiger partial charge in [0, 0.05) is 25.2 Å². The molecule has 1 amide bonds. The maximum atomic E-state index is 13.1. The number of morpholine rings is 1. The van der Waals surface area contributed by atoms with E-state index in [2.05, 4.69) is 22.3 Å². The molecule has 1 aliphatic heterocycles. The van der Waals surface area contributed by atoms with E-state index < -0.39 is 0 Å². The van der Waals surface area contributed by atoms with E-state index in [0.717, 1.165) is 40.4 Å². The van der Waals surface area contributed by atoms with Gasteiger partial charge in [-0.3, -0.25) is 9.69 Å². The largest absolute Gasteiger partial charge is 0.497 e. The van der Waals surface area contributed by atoms with Crippen molar-refractivity contribution >= 4 is 17.2 Å². The van der Waals surface area contributed by atoms with Gasteiger partial charge in [0.25, 0.3) is 5.91 Å². The molecule has 5 nitrogen and oxygen atoms in total. The van der Waals surface area contributed by atoms with Crippen LogP contribution in [0.15, 0.2) is 66.0 Å². The van der Waals surface area contributed by atoms with E-state index in [9.17, 15) is 4.79 Å². The number of thiophene rings is 1. The van der Waals surface area contributed by atoms with Gasteiger partial charge in [-0.25, -0.2) is 0 Å². The van der Waals surface area contributed by atoms with E-state index in [-0.39, 0.29) is 11.9 Å². The summed E-state index contributed by atoms with van der Waals surface area (Å²) in [5.74, 6) is 0.797. The Morgan fingerprint density at radius 1 is 1.10 bits per heavy atom. The van der Waals surface area contributed by atoms with Crippen LogP contribution in [0.4, 0.5) is 0 Å². The molecule has 1 atom stereocenters. The van der Waals surface area contributed by atoms with E-state index in [1.54, 1.807) is 7.11 Å². The van der Waals surface area contributed by atoms with Crippen molar-refractivity contribution in [3.05, 3.63) is 76.5 Å². The van der Waals surface area contributed by atoms with E-state index in [4.69, 9.17) is 9.47 Å². The van der Waals surface area contributed by atoms with Crippen LogP contribution in [0.3, 0.4) is 0 Å². The van der Waals surface area contributed by atoms with Gasteiger partial charge in [-0.15, -0.1) is 11.3 Å². The first-order valence-corrected chi connectivity index (χ1v) is 11.0. The summed E-state index contributed by atoms with van der Waals surface area (Å²) in [6.07, 6.45) is 0. The molecule has 2 heterocycles. The summed E-state index contributed by atoms with van der Waals surface area (Å²) in [5.41, 5.74) is 3.20. The molecular formula is C24H26N2O3S. The Kier molecular flexibility index (Phi) is 6.79. The normalized spacial score (nSPS) is 15.5. The van der Waals surface area contributed by atoms with Gasteiger partial charge in [0.1, 0.15) is 5.75 Å². The highest BCUT2D eigenvalue weighted by Crippen LogP contribution is 2.29. The zero-order valence-electron chi connectivity index (χ0n) is 17.0. The van der Waals surface area contributed by atoms with E-state index >= 15 is 0 Å². The van der Waals surface area contributed by atoms with Crippen LogP contribution in [-0.4, -0.2) is 50.8 Å². The van der Waals surface area contributed by atoms with E-state index in [1.807, 2.05) is 53.9 Å². The van der Waals surface area contributed by atoms with Gasteiger partial charge in [-0.2, -0.15) is 0 Å². The second kappa shape index (κ2) is 9.89. The number of nitrogens with one attached hydrogen (secondary N) is 1. The maximum absolute atomic E-state index is 13.1. The lowest BCUT2D eigenvalue weighted by Gasteiger charge is -2.35. The minimum absolute atomic E-state index is 0.0318. The van der Waals surface area contributed by atoms with Crippen LogP contribution in [0.25, 0.3) is 11.1 Å². The van der Waals surface area contributed by atoms with Crippen molar-refractivity contribution in [2.45, 2.75) is 6.04 Å². The van der Waals surface area contributed by atoms with Crippen molar-refractivity contribution in [1.82, 2.24) is 10.2 Å². The standard InChI is InChI=1S/C24H26N2O3S/c1-28-20-9-7-19(8-10-20)22(26-12-14-29-15-13-26)17-25-24(27)23-21(11-16-30-23)18-5-3-2-4-6-18/h2-11,16,22H,12-15,17H2,1H3,(H,25,27). The second-order valence-corrected chi connectivity index (χ2v) is 8.09. The minimum atomic E-state index is -0.0318. The topological polar surface area (TPSA) is 50.8 Å². The van der Waals surface area contributed by atoms with Crippen LogP contribution >= 0.6 is 11.3 Å². The van der Waals surface area contributed by atoms with Gasteiger partial charge in [-0.05, 0) is 34.7 Å². The highest BCUT2D eigenvalue weighted by Gasteiger charge is 2.24. The van der Waals surface area contributed by atoms with Crippen LogP contribution in [0.2, 0.25) is 0 Å². The number of rotatable bonds is 7. The van der Waals surface area contributed by atoms with Crippen LogP contribution < -0.4 is 10.1 Å². The summed E-state index contributed by atoms with van der Waals surface area (Å²) < 4.78 is 10.8. The third-order valence-electron chi connectivity index (χ3n) is 5.40. The molecule has 0 bridgehead atoms. The molecule has 1 fully saturated rings. The number of amides is 1. The van der Waals surface area contributed by atoms with Gasteiger partial charge in [-0.1, -0.05) is 42.5 Å². The van der Waals surface area contributed by atoms with Crippen molar-refractivity contribution in [1.29, 1.82) is 0 Å². The molecule has 0 spiro atoms.